The van der Waals surface area contributed by atoms with E-state index in [4.69, 9.17) is 4.74 Å². The Morgan fingerprint density at radius 2 is 1.65 bits per heavy atom. The summed E-state index contributed by atoms with van der Waals surface area (Å²) in [4.78, 5) is 14.0. The van der Waals surface area contributed by atoms with Gasteiger partial charge in [-0.15, -0.1) is 0 Å². The fourth-order valence-electron chi connectivity index (χ4n) is 3.52. The van der Waals surface area contributed by atoms with E-state index in [2.05, 4.69) is 29.2 Å². The van der Waals surface area contributed by atoms with Crippen LogP contribution in [0.2, 0.25) is 0 Å². The van der Waals surface area contributed by atoms with Crippen molar-refractivity contribution >= 4 is 5.97 Å². The molecule has 136 valence electrons. The largest absolute Gasteiger partial charge is 0.461 e. The Hall–Kier alpha value is -2.46. The standard InChI is InChI=1S/C22H24FNO2/c1-2-26-22(25)20(23)19-14-9-15-24(16-19)21(17-10-5-3-6-11-17)18-12-7-4-8-13-18/h3-8,10-13,21H,2,9,14-16H2,1H3/b20-19+. The van der Waals surface area contributed by atoms with Crippen LogP contribution in [0.5, 0.6) is 0 Å². The maximum atomic E-state index is 14.5. The molecule has 1 saturated heterocycles. The zero-order valence-corrected chi connectivity index (χ0v) is 15.0. The molecule has 0 aliphatic carbocycles. The highest BCUT2D eigenvalue weighted by atomic mass is 19.1. The van der Waals surface area contributed by atoms with Gasteiger partial charge in [-0.05, 0) is 43.0 Å². The molecule has 0 amide bonds. The Morgan fingerprint density at radius 1 is 1.08 bits per heavy atom. The minimum Gasteiger partial charge on any atom is -0.461 e. The third-order valence-corrected chi connectivity index (χ3v) is 4.68. The number of nitrogens with zero attached hydrogens (tertiary/aromatic N) is 1. The molecule has 26 heavy (non-hydrogen) atoms. The van der Waals surface area contributed by atoms with Crippen molar-refractivity contribution in [2.75, 3.05) is 19.7 Å². The van der Waals surface area contributed by atoms with Crippen LogP contribution in [0.25, 0.3) is 0 Å². The van der Waals surface area contributed by atoms with Crippen molar-refractivity contribution in [2.24, 2.45) is 0 Å². The van der Waals surface area contributed by atoms with Gasteiger partial charge in [0.2, 0.25) is 5.83 Å². The highest BCUT2D eigenvalue weighted by Gasteiger charge is 2.28. The molecular weight excluding hydrogens is 329 g/mol. The summed E-state index contributed by atoms with van der Waals surface area (Å²) in [5, 5.41) is 0. The van der Waals surface area contributed by atoms with Gasteiger partial charge < -0.3 is 4.74 Å². The zero-order valence-electron chi connectivity index (χ0n) is 15.0. The smallest absolute Gasteiger partial charge is 0.367 e. The van der Waals surface area contributed by atoms with E-state index in [1.807, 2.05) is 36.4 Å². The normalized spacial score (nSPS) is 17.2. The van der Waals surface area contributed by atoms with Gasteiger partial charge in [-0.1, -0.05) is 60.7 Å². The van der Waals surface area contributed by atoms with Crippen molar-refractivity contribution in [1.82, 2.24) is 4.90 Å². The van der Waals surface area contributed by atoms with Gasteiger partial charge in [-0.2, -0.15) is 4.39 Å². The SMILES string of the molecule is CCOC(=O)/C(F)=C1/CCCN(C(c2ccccc2)c2ccccc2)C1. The Bertz CT molecular complexity index is 719. The molecule has 1 aliphatic heterocycles. The van der Waals surface area contributed by atoms with Crippen molar-refractivity contribution in [3.8, 4) is 0 Å². The molecule has 0 atom stereocenters. The highest BCUT2D eigenvalue weighted by molar-refractivity contribution is 5.87. The zero-order chi connectivity index (χ0) is 18.4. The molecule has 0 spiro atoms. The lowest BCUT2D eigenvalue weighted by Gasteiger charge is -2.36. The molecule has 1 heterocycles. The van der Waals surface area contributed by atoms with E-state index in [0.29, 0.717) is 18.5 Å². The monoisotopic (exact) mass is 353 g/mol. The summed E-state index contributed by atoms with van der Waals surface area (Å²) in [7, 11) is 0. The molecule has 0 radical (unpaired) electrons. The number of likely N-dealkylation sites (tertiary alicyclic amines) is 1. The van der Waals surface area contributed by atoms with Gasteiger partial charge in [-0.3, -0.25) is 4.90 Å². The maximum Gasteiger partial charge on any atom is 0.367 e. The Balaban J connectivity index is 1.92. The number of benzene rings is 2. The molecule has 1 aliphatic rings. The van der Waals surface area contributed by atoms with Gasteiger partial charge in [0.05, 0.1) is 12.6 Å². The van der Waals surface area contributed by atoms with E-state index in [1.165, 1.54) is 0 Å². The molecule has 0 bridgehead atoms. The Labute approximate surface area is 154 Å². The second-order valence-corrected chi connectivity index (χ2v) is 6.44. The van der Waals surface area contributed by atoms with Gasteiger partial charge in [0.1, 0.15) is 0 Å². The second kappa shape index (κ2) is 8.77. The fraction of sp³-hybridized carbons (Fsp3) is 0.318. The minimum absolute atomic E-state index is 0.0303. The van der Waals surface area contributed by atoms with Gasteiger partial charge in [0.25, 0.3) is 0 Å². The first kappa shape index (κ1) is 18.3. The van der Waals surface area contributed by atoms with Crippen LogP contribution in [0, 0.1) is 0 Å². The molecule has 0 N–H and O–H groups in total. The van der Waals surface area contributed by atoms with E-state index in [0.717, 1.165) is 24.1 Å². The van der Waals surface area contributed by atoms with E-state index >= 15 is 0 Å². The Morgan fingerprint density at radius 3 is 2.19 bits per heavy atom. The quantitative estimate of drug-likeness (QED) is 0.578. The van der Waals surface area contributed by atoms with E-state index in [1.54, 1.807) is 6.92 Å². The maximum absolute atomic E-state index is 14.5. The molecule has 1 fully saturated rings. The van der Waals surface area contributed by atoms with Crippen LogP contribution < -0.4 is 0 Å². The number of ether oxygens (including phenoxy) is 1. The lowest BCUT2D eigenvalue weighted by molar-refractivity contribution is -0.140. The summed E-state index contributed by atoms with van der Waals surface area (Å²) < 4.78 is 19.3. The average Bonchev–Trinajstić information content (AvgIpc) is 2.70. The second-order valence-electron chi connectivity index (χ2n) is 6.44. The topological polar surface area (TPSA) is 29.5 Å². The summed E-state index contributed by atoms with van der Waals surface area (Å²) in [6.45, 7) is 3.15. The van der Waals surface area contributed by atoms with E-state index in [-0.39, 0.29) is 12.6 Å². The summed E-state index contributed by atoms with van der Waals surface area (Å²) in [6, 6.07) is 20.5. The van der Waals surface area contributed by atoms with Crippen LogP contribution in [0.15, 0.2) is 72.1 Å². The molecule has 3 rings (SSSR count). The molecule has 0 aromatic heterocycles. The lowest BCUT2D eigenvalue weighted by Crippen LogP contribution is -2.36. The minimum atomic E-state index is -0.847. The third kappa shape index (κ3) is 4.20. The summed E-state index contributed by atoms with van der Waals surface area (Å²) >= 11 is 0. The first-order valence-corrected chi connectivity index (χ1v) is 9.09. The number of carbonyl (C=O) groups is 1. The van der Waals surface area contributed by atoms with Crippen LogP contribution in [0.3, 0.4) is 0 Å². The summed E-state index contributed by atoms with van der Waals surface area (Å²) in [5.41, 5.74) is 2.86. The molecule has 2 aromatic carbocycles. The number of esters is 1. The Kier molecular flexibility index (Phi) is 6.18. The lowest BCUT2D eigenvalue weighted by atomic mass is 9.93. The van der Waals surface area contributed by atoms with Crippen molar-refractivity contribution in [2.45, 2.75) is 25.8 Å². The fourth-order valence-corrected chi connectivity index (χ4v) is 3.52. The third-order valence-electron chi connectivity index (χ3n) is 4.68. The van der Waals surface area contributed by atoms with Crippen molar-refractivity contribution in [3.63, 3.8) is 0 Å². The van der Waals surface area contributed by atoms with Crippen LogP contribution in [-0.2, 0) is 9.53 Å². The van der Waals surface area contributed by atoms with E-state index in [9.17, 15) is 9.18 Å². The van der Waals surface area contributed by atoms with Crippen LogP contribution in [0.4, 0.5) is 4.39 Å². The van der Waals surface area contributed by atoms with Crippen LogP contribution in [0.1, 0.15) is 36.9 Å². The van der Waals surface area contributed by atoms with Gasteiger partial charge in [-0.25, -0.2) is 4.79 Å². The molecule has 0 saturated carbocycles. The van der Waals surface area contributed by atoms with Gasteiger partial charge in [0.15, 0.2) is 0 Å². The molecule has 2 aromatic rings. The van der Waals surface area contributed by atoms with E-state index < -0.39 is 11.8 Å². The first-order chi connectivity index (χ1) is 12.7. The number of halogens is 1. The van der Waals surface area contributed by atoms with Gasteiger partial charge in [0, 0.05) is 6.54 Å². The molecular formula is C22H24FNO2. The van der Waals surface area contributed by atoms with Crippen LogP contribution >= 0.6 is 0 Å². The van der Waals surface area contributed by atoms with Crippen molar-refractivity contribution in [3.05, 3.63) is 83.2 Å². The predicted molar refractivity (Wildman–Crippen MR) is 100 cm³/mol. The number of rotatable bonds is 5. The van der Waals surface area contributed by atoms with Crippen molar-refractivity contribution < 1.29 is 13.9 Å². The average molecular weight is 353 g/mol. The van der Waals surface area contributed by atoms with Crippen molar-refractivity contribution in [1.29, 1.82) is 0 Å². The summed E-state index contributed by atoms with van der Waals surface area (Å²) in [5.74, 6) is -1.57. The highest BCUT2D eigenvalue weighted by Crippen LogP contribution is 2.33. The molecule has 3 nitrogen and oxygen atoms in total. The number of piperidine rings is 1. The van der Waals surface area contributed by atoms with Crippen LogP contribution in [-0.4, -0.2) is 30.6 Å². The number of hydrogen-bond acceptors (Lipinski definition) is 3. The van der Waals surface area contributed by atoms with Gasteiger partial charge >= 0.3 is 5.97 Å². The number of carbonyl (C=O) groups excluding carboxylic acids is 1. The molecule has 0 unspecified atom stereocenters. The first-order valence-electron chi connectivity index (χ1n) is 9.09. The predicted octanol–water partition coefficient (Wildman–Crippen LogP) is 4.66. The summed E-state index contributed by atoms with van der Waals surface area (Å²) in [6.07, 6.45) is 1.41. The number of hydrogen-bond donors (Lipinski definition) is 0. The molecule has 4 heteroatoms.